The Hall–Kier alpha value is -0.110. The SMILES string of the molecule is FC1CCC1C1CNC1. The van der Waals surface area contributed by atoms with E-state index in [0.717, 1.165) is 25.9 Å². The zero-order valence-electron chi connectivity index (χ0n) is 5.44. The van der Waals surface area contributed by atoms with Crippen molar-refractivity contribution in [3.05, 3.63) is 0 Å². The number of nitrogens with one attached hydrogen (secondary N) is 1. The van der Waals surface area contributed by atoms with Gasteiger partial charge in [0.25, 0.3) is 0 Å². The van der Waals surface area contributed by atoms with Crippen LogP contribution in [-0.4, -0.2) is 19.3 Å². The highest BCUT2D eigenvalue weighted by Gasteiger charge is 2.39. The Labute approximate surface area is 54.6 Å². The second kappa shape index (κ2) is 1.94. The van der Waals surface area contributed by atoms with Crippen molar-refractivity contribution < 1.29 is 4.39 Å². The van der Waals surface area contributed by atoms with Crippen molar-refractivity contribution in [3.63, 3.8) is 0 Å². The average molecular weight is 129 g/mol. The van der Waals surface area contributed by atoms with E-state index < -0.39 is 6.17 Å². The lowest BCUT2D eigenvalue weighted by atomic mass is 9.72. The quantitative estimate of drug-likeness (QED) is 0.556. The first kappa shape index (κ1) is 5.66. The van der Waals surface area contributed by atoms with E-state index in [1.165, 1.54) is 0 Å². The van der Waals surface area contributed by atoms with Crippen molar-refractivity contribution in [2.24, 2.45) is 11.8 Å². The standard InChI is InChI=1S/C7H12FN/c8-7-2-1-6(7)5-3-9-4-5/h5-7,9H,1-4H2. The summed E-state index contributed by atoms with van der Waals surface area (Å²) in [4.78, 5) is 0. The van der Waals surface area contributed by atoms with E-state index in [2.05, 4.69) is 5.32 Å². The van der Waals surface area contributed by atoms with Crippen molar-refractivity contribution in [2.45, 2.75) is 19.0 Å². The molecule has 9 heavy (non-hydrogen) atoms. The summed E-state index contributed by atoms with van der Waals surface area (Å²) in [5.41, 5.74) is 0. The molecule has 0 radical (unpaired) electrons. The molecule has 0 aromatic rings. The number of hydrogen-bond acceptors (Lipinski definition) is 1. The summed E-state index contributed by atoms with van der Waals surface area (Å²) >= 11 is 0. The maximum atomic E-state index is 12.6. The zero-order chi connectivity index (χ0) is 6.27. The number of rotatable bonds is 1. The summed E-state index contributed by atoms with van der Waals surface area (Å²) in [7, 11) is 0. The summed E-state index contributed by atoms with van der Waals surface area (Å²) < 4.78 is 12.6. The van der Waals surface area contributed by atoms with Gasteiger partial charge < -0.3 is 5.32 Å². The normalized spacial score (nSPS) is 43.7. The molecule has 1 N–H and O–H groups in total. The molecule has 2 rings (SSSR count). The van der Waals surface area contributed by atoms with Crippen LogP contribution >= 0.6 is 0 Å². The van der Waals surface area contributed by atoms with Crippen LogP contribution < -0.4 is 5.32 Å². The van der Waals surface area contributed by atoms with Crippen LogP contribution in [0.3, 0.4) is 0 Å². The highest BCUT2D eigenvalue weighted by Crippen LogP contribution is 2.37. The molecule has 2 fully saturated rings. The van der Waals surface area contributed by atoms with E-state index in [1.54, 1.807) is 0 Å². The van der Waals surface area contributed by atoms with Crippen molar-refractivity contribution >= 4 is 0 Å². The maximum Gasteiger partial charge on any atom is 0.103 e. The van der Waals surface area contributed by atoms with Gasteiger partial charge in [-0.25, -0.2) is 4.39 Å². The predicted octanol–water partition coefficient (Wildman–Crippen LogP) is 0.954. The lowest BCUT2D eigenvalue weighted by Crippen LogP contribution is -2.51. The molecule has 1 aliphatic heterocycles. The van der Waals surface area contributed by atoms with Gasteiger partial charge in [0.05, 0.1) is 0 Å². The van der Waals surface area contributed by atoms with Crippen molar-refractivity contribution in [3.8, 4) is 0 Å². The second-order valence-corrected chi connectivity index (χ2v) is 3.18. The molecule has 1 aliphatic carbocycles. The van der Waals surface area contributed by atoms with Crippen LogP contribution in [0.15, 0.2) is 0 Å². The number of halogens is 1. The number of hydrogen-bond donors (Lipinski definition) is 1. The molecule has 52 valence electrons. The van der Waals surface area contributed by atoms with Gasteiger partial charge in [-0.2, -0.15) is 0 Å². The molecule has 2 aliphatic rings. The van der Waals surface area contributed by atoms with Gasteiger partial charge in [-0.05, 0) is 37.8 Å². The third-order valence-corrected chi connectivity index (χ3v) is 2.66. The Kier molecular flexibility index (Phi) is 1.22. The first-order chi connectivity index (χ1) is 4.38. The zero-order valence-corrected chi connectivity index (χ0v) is 5.44. The van der Waals surface area contributed by atoms with E-state index >= 15 is 0 Å². The molecule has 0 aromatic heterocycles. The summed E-state index contributed by atoms with van der Waals surface area (Å²) in [6, 6.07) is 0. The monoisotopic (exact) mass is 129 g/mol. The topological polar surface area (TPSA) is 12.0 Å². The third kappa shape index (κ3) is 0.767. The molecule has 2 heteroatoms. The molecule has 0 spiro atoms. The van der Waals surface area contributed by atoms with Crippen LogP contribution in [0.4, 0.5) is 4.39 Å². The third-order valence-electron chi connectivity index (χ3n) is 2.66. The smallest absolute Gasteiger partial charge is 0.103 e. The highest BCUT2D eigenvalue weighted by molar-refractivity contribution is 4.91. The van der Waals surface area contributed by atoms with Gasteiger partial charge in [0.1, 0.15) is 6.17 Å². The fourth-order valence-electron chi connectivity index (χ4n) is 1.63. The van der Waals surface area contributed by atoms with E-state index in [4.69, 9.17) is 0 Å². The van der Waals surface area contributed by atoms with Crippen molar-refractivity contribution in [1.29, 1.82) is 0 Å². The van der Waals surface area contributed by atoms with Gasteiger partial charge in [0, 0.05) is 0 Å². The van der Waals surface area contributed by atoms with Crippen molar-refractivity contribution in [2.75, 3.05) is 13.1 Å². The summed E-state index contributed by atoms with van der Waals surface area (Å²) in [6.45, 7) is 2.12. The molecule has 1 saturated heterocycles. The summed E-state index contributed by atoms with van der Waals surface area (Å²) in [5, 5.41) is 3.16. The van der Waals surface area contributed by atoms with E-state index in [0.29, 0.717) is 11.8 Å². The Bertz CT molecular complexity index is 111. The Morgan fingerprint density at radius 3 is 2.11 bits per heavy atom. The predicted molar refractivity (Wildman–Crippen MR) is 34.0 cm³/mol. The molecule has 0 aromatic carbocycles. The first-order valence-corrected chi connectivity index (χ1v) is 3.72. The molecule has 1 saturated carbocycles. The van der Waals surface area contributed by atoms with Crippen LogP contribution in [0.5, 0.6) is 0 Å². The first-order valence-electron chi connectivity index (χ1n) is 3.72. The van der Waals surface area contributed by atoms with Gasteiger partial charge in [-0.3, -0.25) is 0 Å². The minimum atomic E-state index is -0.461. The molecule has 2 unspecified atom stereocenters. The van der Waals surface area contributed by atoms with Gasteiger partial charge in [0.2, 0.25) is 0 Å². The summed E-state index contributed by atoms with van der Waals surface area (Å²) in [6.07, 6.45) is 1.49. The Morgan fingerprint density at radius 2 is 2.00 bits per heavy atom. The molecular formula is C7H12FN. The minimum Gasteiger partial charge on any atom is -0.316 e. The largest absolute Gasteiger partial charge is 0.316 e. The van der Waals surface area contributed by atoms with Crippen LogP contribution in [0.1, 0.15) is 12.8 Å². The fourth-order valence-corrected chi connectivity index (χ4v) is 1.63. The Morgan fingerprint density at radius 1 is 1.22 bits per heavy atom. The lowest BCUT2D eigenvalue weighted by Gasteiger charge is -2.42. The average Bonchev–Trinajstić information content (AvgIpc) is 1.74. The molecule has 1 nitrogen and oxygen atoms in total. The molecule has 1 heterocycles. The van der Waals surface area contributed by atoms with Crippen LogP contribution in [-0.2, 0) is 0 Å². The van der Waals surface area contributed by atoms with E-state index in [1.807, 2.05) is 0 Å². The van der Waals surface area contributed by atoms with E-state index in [-0.39, 0.29) is 0 Å². The molecular weight excluding hydrogens is 117 g/mol. The lowest BCUT2D eigenvalue weighted by molar-refractivity contribution is 0.0386. The molecule has 0 amide bonds. The maximum absolute atomic E-state index is 12.6. The van der Waals surface area contributed by atoms with Crippen LogP contribution in [0, 0.1) is 11.8 Å². The molecule has 2 atom stereocenters. The summed E-state index contributed by atoms with van der Waals surface area (Å²) in [5.74, 6) is 1.10. The van der Waals surface area contributed by atoms with Gasteiger partial charge in [-0.1, -0.05) is 0 Å². The Balaban J connectivity index is 1.83. The molecule has 0 bridgehead atoms. The minimum absolute atomic E-state index is 0.422. The van der Waals surface area contributed by atoms with Crippen molar-refractivity contribution in [1.82, 2.24) is 5.32 Å². The number of alkyl halides is 1. The van der Waals surface area contributed by atoms with E-state index in [9.17, 15) is 4.39 Å². The second-order valence-electron chi connectivity index (χ2n) is 3.18. The van der Waals surface area contributed by atoms with Gasteiger partial charge >= 0.3 is 0 Å². The van der Waals surface area contributed by atoms with Gasteiger partial charge in [0.15, 0.2) is 0 Å². The van der Waals surface area contributed by atoms with Crippen LogP contribution in [0.2, 0.25) is 0 Å². The highest BCUT2D eigenvalue weighted by atomic mass is 19.1. The van der Waals surface area contributed by atoms with Gasteiger partial charge in [-0.15, -0.1) is 0 Å². The fraction of sp³-hybridized carbons (Fsp3) is 1.00. The van der Waals surface area contributed by atoms with Crippen LogP contribution in [0.25, 0.3) is 0 Å².